The van der Waals surface area contributed by atoms with E-state index in [0.29, 0.717) is 16.9 Å². The van der Waals surface area contributed by atoms with E-state index < -0.39 is 0 Å². The van der Waals surface area contributed by atoms with Crippen molar-refractivity contribution >= 4 is 17.7 Å². The molecule has 33 heavy (non-hydrogen) atoms. The number of carbonyl (C=O) groups is 1. The number of hydrogen-bond donors (Lipinski definition) is 2. The molecule has 1 heterocycles. The van der Waals surface area contributed by atoms with Gasteiger partial charge in [0.25, 0.3) is 0 Å². The molecule has 3 N–H and O–H groups in total. The van der Waals surface area contributed by atoms with Crippen LogP contribution in [0.5, 0.6) is 5.75 Å². The van der Waals surface area contributed by atoms with Gasteiger partial charge in [0, 0.05) is 0 Å². The zero-order chi connectivity index (χ0) is 23.4. The number of nitrogens with one attached hydrogen (secondary N) is 1. The maximum absolute atomic E-state index is 12.9. The van der Waals surface area contributed by atoms with E-state index in [1.54, 1.807) is 0 Å². The molecule has 0 radical (unpaired) electrons. The van der Waals surface area contributed by atoms with Gasteiger partial charge in [0.15, 0.2) is 5.82 Å². The molecule has 3 aromatic rings. The van der Waals surface area contributed by atoms with Gasteiger partial charge in [-0.3, -0.25) is 4.79 Å². The second-order valence-electron chi connectivity index (χ2n) is 8.69. The number of nitrogen functional groups attached to an aromatic ring is 1. The van der Waals surface area contributed by atoms with Crippen LogP contribution >= 0.6 is 11.8 Å². The minimum absolute atomic E-state index is 0.0345. The summed E-state index contributed by atoms with van der Waals surface area (Å²) in [7, 11) is 0. The minimum atomic E-state index is -0.358. The molecular formula is C25H31N5O2S. The Morgan fingerprint density at radius 2 is 1.94 bits per heavy atom. The maximum Gasteiger partial charge on any atom is 0.233 e. The smallest absolute Gasteiger partial charge is 0.233 e. The van der Waals surface area contributed by atoms with Crippen LogP contribution in [0.4, 0.5) is 0 Å². The van der Waals surface area contributed by atoms with Crippen molar-refractivity contribution in [3.63, 3.8) is 0 Å². The zero-order valence-corrected chi connectivity index (χ0v) is 20.1. The van der Waals surface area contributed by atoms with Gasteiger partial charge in [0.2, 0.25) is 11.1 Å². The Kier molecular flexibility index (Phi) is 7.23. The topological polar surface area (TPSA) is 95.1 Å². The first-order chi connectivity index (χ1) is 15.9. The third-order valence-corrected chi connectivity index (χ3v) is 7.04. The van der Waals surface area contributed by atoms with Gasteiger partial charge in [-0.1, -0.05) is 62.0 Å². The molecule has 1 amide bonds. The molecule has 0 unspecified atom stereocenters. The fourth-order valence-corrected chi connectivity index (χ4v) is 4.79. The van der Waals surface area contributed by atoms with Crippen molar-refractivity contribution in [3.05, 3.63) is 71.0 Å². The van der Waals surface area contributed by atoms with Crippen LogP contribution < -0.4 is 15.9 Å². The van der Waals surface area contributed by atoms with E-state index in [9.17, 15) is 4.79 Å². The fourth-order valence-electron chi connectivity index (χ4n) is 3.99. The summed E-state index contributed by atoms with van der Waals surface area (Å²) in [5.74, 6) is 7.87. The molecular weight excluding hydrogens is 434 g/mol. The highest BCUT2D eigenvalue weighted by Gasteiger charge is 2.25. The summed E-state index contributed by atoms with van der Waals surface area (Å²) in [5.41, 5.74) is 3.80. The van der Waals surface area contributed by atoms with E-state index in [-0.39, 0.29) is 23.8 Å². The van der Waals surface area contributed by atoms with Crippen molar-refractivity contribution in [2.75, 3.05) is 5.84 Å². The highest BCUT2D eigenvalue weighted by atomic mass is 32.2. The summed E-state index contributed by atoms with van der Waals surface area (Å²) in [6, 6.07) is 16.4. The second kappa shape index (κ2) is 10.3. The van der Waals surface area contributed by atoms with Gasteiger partial charge in [0.05, 0.1) is 11.3 Å². The van der Waals surface area contributed by atoms with Crippen LogP contribution in [0.25, 0.3) is 0 Å². The normalized spacial score (nSPS) is 16.3. The van der Waals surface area contributed by atoms with Gasteiger partial charge in [-0.2, -0.15) is 0 Å². The van der Waals surface area contributed by atoms with Crippen molar-refractivity contribution in [2.45, 2.75) is 69.0 Å². The van der Waals surface area contributed by atoms with Crippen molar-refractivity contribution in [1.29, 1.82) is 0 Å². The van der Waals surface area contributed by atoms with E-state index in [2.05, 4.69) is 59.7 Å². The lowest BCUT2D eigenvalue weighted by atomic mass is 9.88. The highest BCUT2D eigenvalue weighted by molar-refractivity contribution is 8.00. The van der Waals surface area contributed by atoms with Crippen LogP contribution in [-0.4, -0.2) is 26.0 Å². The van der Waals surface area contributed by atoms with Gasteiger partial charge in [-0.25, -0.2) is 4.68 Å². The predicted molar refractivity (Wildman–Crippen MR) is 131 cm³/mol. The lowest BCUT2D eigenvalue weighted by Crippen LogP contribution is -2.36. The summed E-state index contributed by atoms with van der Waals surface area (Å²) >= 11 is 1.29. The summed E-state index contributed by atoms with van der Waals surface area (Å²) in [6.45, 7) is 6.36. The van der Waals surface area contributed by atoms with Crippen molar-refractivity contribution < 1.29 is 9.53 Å². The lowest BCUT2D eigenvalue weighted by Gasteiger charge is -2.27. The molecule has 0 aliphatic heterocycles. The number of nitrogens with zero attached hydrogens (tertiary/aromatic N) is 3. The Morgan fingerprint density at radius 1 is 1.18 bits per heavy atom. The number of aromatic nitrogens is 3. The molecule has 7 nitrogen and oxygen atoms in total. The van der Waals surface area contributed by atoms with Crippen LogP contribution in [-0.2, 0) is 17.8 Å². The number of rotatable bonds is 8. The monoisotopic (exact) mass is 465 g/mol. The Labute approximate surface area is 199 Å². The molecule has 1 aromatic heterocycles. The largest absolute Gasteiger partial charge is 0.486 e. The molecule has 0 saturated carbocycles. The van der Waals surface area contributed by atoms with E-state index in [4.69, 9.17) is 10.6 Å². The van der Waals surface area contributed by atoms with Crippen molar-refractivity contribution in [3.8, 4) is 5.75 Å². The number of ether oxygens (including phenoxy) is 1. The number of hydrogen-bond acceptors (Lipinski definition) is 6. The fraction of sp³-hybridized carbons (Fsp3) is 0.400. The minimum Gasteiger partial charge on any atom is -0.486 e. The number of carbonyl (C=O) groups excluding carboxylic acids is 1. The molecule has 0 fully saturated rings. The van der Waals surface area contributed by atoms with Crippen LogP contribution in [0.15, 0.2) is 53.7 Å². The first-order valence-corrected chi connectivity index (χ1v) is 12.3. The number of nitrogens with two attached hydrogens (primary N) is 1. The maximum atomic E-state index is 12.9. The average molecular weight is 466 g/mol. The Hall–Kier alpha value is -3.00. The molecule has 0 bridgehead atoms. The molecule has 0 spiro atoms. The van der Waals surface area contributed by atoms with Gasteiger partial charge >= 0.3 is 0 Å². The molecule has 1 aliphatic rings. The summed E-state index contributed by atoms with van der Waals surface area (Å²) in [5, 5.41) is 11.6. The van der Waals surface area contributed by atoms with E-state index in [1.807, 2.05) is 25.1 Å². The quantitative estimate of drug-likeness (QED) is 0.379. The van der Waals surface area contributed by atoms with E-state index in [0.717, 1.165) is 25.0 Å². The zero-order valence-electron chi connectivity index (χ0n) is 19.3. The predicted octanol–water partition coefficient (Wildman–Crippen LogP) is 4.37. The van der Waals surface area contributed by atoms with Crippen LogP contribution in [0, 0.1) is 0 Å². The third-order valence-electron chi connectivity index (χ3n) is 5.99. The third kappa shape index (κ3) is 5.50. The SMILES string of the molecule is CC(C)c1ccc(OCc2nnc(S[C@@H](C)C(=O)N[C@@H]3CCCc4ccccc43)n2N)cc1. The summed E-state index contributed by atoms with van der Waals surface area (Å²) < 4.78 is 7.21. The van der Waals surface area contributed by atoms with Crippen molar-refractivity contribution in [2.24, 2.45) is 0 Å². The molecule has 1 aliphatic carbocycles. The van der Waals surface area contributed by atoms with Crippen LogP contribution in [0.2, 0.25) is 0 Å². The standard InChI is InChI=1S/C25H31N5O2S/c1-16(2)18-11-13-20(14-12-18)32-15-23-28-29-25(30(23)26)33-17(3)24(31)27-22-10-6-8-19-7-4-5-9-21(19)22/h4-5,7,9,11-14,16-17,22H,6,8,10,15,26H2,1-3H3,(H,27,31)/t17-,22+/m0/s1. The molecule has 8 heteroatoms. The molecule has 2 aromatic carbocycles. The Balaban J connectivity index is 1.33. The van der Waals surface area contributed by atoms with Crippen LogP contribution in [0.3, 0.4) is 0 Å². The molecule has 4 rings (SSSR count). The highest BCUT2D eigenvalue weighted by Crippen LogP contribution is 2.30. The first-order valence-electron chi connectivity index (χ1n) is 11.4. The lowest BCUT2D eigenvalue weighted by molar-refractivity contribution is -0.121. The number of benzene rings is 2. The van der Waals surface area contributed by atoms with Crippen molar-refractivity contribution in [1.82, 2.24) is 20.2 Å². The van der Waals surface area contributed by atoms with E-state index in [1.165, 1.54) is 33.1 Å². The Bertz CT molecular complexity index is 1100. The number of fused-ring (bicyclic) bond motifs is 1. The summed E-state index contributed by atoms with van der Waals surface area (Å²) in [6.07, 6.45) is 3.09. The number of aryl methyl sites for hydroxylation is 1. The molecule has 0 saturated heterocycles. The van der Waals surface area contributed by atoms with Gasteiger partial charge in [-0.15, -0.1) is 10.2 Å². The van der Waals surface area contributed by atoms with Crippen LogP contribution in [0.1, 0.15) is 68.1 Å². The number of amides is 1. The Morgan fingerprint density at radius 3 is 2.70 bits per heavy atom. The van der Waals surface area contributed by atoms with Gasteiger partial charge < -0.3 is 15.9 Å². The molecule has 174 valence electrons. The number of thioether (sulfide) groups is 1. The second-order valence-corrected chi connectivity index (χ2v) is 10.0. The molecule has 2 atom stereocenters. The average Bonchev–Trinajstić information content (AvgIpc) is 3.17. The van der Waals surface area contributed by atoms with Gasteiger partial charge in [-0.05, 0) is 60.9 Å². The van der Waals surface area contributed by atoms with E-state index >= 15 is 0 Å². The summed E-state index contributed by atoms with van der Waals surface area (Å²) in [4.78, 5) is 12.9. The van der Waals surface area contributed by atoms with Gasteiger partial charge in [0.1, 0.15) is 12.4 Å². The first kappa shape index (κ1) is 23.2.